The first-order chi connectivity index (χ1) is 18.2. The van der Waals surface area contributed by atoms with Crippen molar-refractivity contribution in [3.8, 4) is 22.6 Å². The second-order valence-electron chi connectivity index (χ2n) is 8.14. The third kappa shape index (κ3) is 4.67. The molecule has 9 heteroatoms. The number of hydrogen-bond donors (Lipinski definition) is 2. The Bertz CT molecular complexity index is 1730. The van der Waals surface area contributed by atoms with Gasteiger partial charge in [0.15, 0.2) is 4.96 Å². The molecule has 2 N–H and O–H groups in total. The first-order valence-electron chi connectivity index (χ1n) is 11.4. The van der Waals surface area contributed by atoms with Gasteiger partial charge in [0.25, 0.3) is 5.91 Å². The maximum absolute atomic E-state index is 12.8. The van der Waals surface area contributed by atoms with Gasteiger partial charge in [-0.3, -0.25) is 9.20 Å². The molecule has 0 spiro atoms. The summed E-state index contributed by atoms with van der Waals surface area (Å²) in [7, 11) is 0. The number of nitrogens with one attached hydrogen (secondary N) is 2. The fourth-order valence-corrected chi connectivity index (χ4v) is 4.96. The van der Waals surface area contributed by atoms with E-state index in [0.29, 0.717) is 22.2 Å². The van der Waals surface area contributed by atoms with Crippen molar-refractivity contribution in [2.75, 3.05) is 10.6 Å². The Morgan fingerprint density at radius 1 is 0.892 bits per heavy atom. The van der Waals surface area contributed by atoms with Crippen LogP contribution in [-0.2, 0) is 0 Å². The third-order valence-electron chi connectivity index (χ3n) is 5.70. The van der Waals surface area contributed by atoms with Crippen molar-refractivity contribution < 1.29 is 4.79 Å². The predicted molar refractivity (Wildman–Crippen MR) is 149 cm³/mol. The molecule has 0 bridgehead atoms. The number of imidazole rings is 1. The van der Waals surface area contributed by atoms with Crippen LogP contribution < -0.4 is 10.6 Å². The van der Waals surface area contributed by atoms with E-state index in [-0.39, 0.29) is 5.91 Å². The fraction of sp³-hybridized carbons (Fsp3) is 0. The molecule has 0 saturated carbocycles. The summed E-state index contributed by atoms with van der Waals surface area (Å²) in [6, 6.07) is 26.2. The minimum absolute atomic E-state index is 0.277. The second-order valence-corrected chi connectivity index (χ2v) is 9.42. The number of carbonyl (C=O) groups is 1. The van der Waals surface area contributed by atoms with Crippen LogP contribution in [0.4, 0.5) is 17.3 Å². The van der Waals surface area contributed by atoms with Gasteiger partial charge in [-0.15, -0.1) is 11.3 Å². The number of hydrogen-bond acceptors (Lipinski definition) is 6. The summed E-state index contributed by atoms with van der Waals surface area (Å²) in [5, 5.41) is 8.58. The molecule has 0 aliphatic heterocycles. The topological polar surface area (TPSA) is 84.2 Å². The van der Waals surface area contributed by atoms with Gasteiger partial charge >= 0.3 is 0 Å². The van der Waals surface area contributed by atoms with Crippen LogP contribution >= 0.6 is 22.9 Å². The van der Waals surface area contributed by atoms with Crippen molar-refractivity contribution in [1.82, 2.24) is 19.4 Å². The lowest BCUT2D eigenvalue weighted by molar-refractivity contribution is 0.102. The monoisotopic (exact) mass is 522 g/mol. The summed E-state index contributed by atoms with van der Waals surface area (Å²) < 4.78 is 2.02. The zero-order chi connectivity index (χ0) is 25.2. The van der Waals surface area contributed by atoms with Gasteiger partial charge < -0.3 is 10.6 Å². The molecule has 3 aromatic carbocycles. The van der Waals surface area contributed by atoms with Crippen LogP contribution in [0.15, 0.2) is 103 Å². The van der Waals surface area contributed by atoms with E-state index >= 15 is 0 Å². The molecular formula is C28H19ClN6OS. The van der Waals surface area contributed by atoms with Gasteiger partial charge in [-0.2, -0.15) is 0 Å². The standard InChI is InChI=1S/C28H19ClN6OS/c29-22-12-5-4-11-21(22)26(36)31-20-10-6-7-18(17-20)24-25(35-15-16-37-28(35)34-24)23-13-14-30-27(33-23)32-19-8-2-1-3-9-19/h1-17H,(H,31,36)(H,30,32,33). The van der Waals surface area contributed by atoms with E-state index in [4.69, 9.17) is 21.6 Å². The molecule has 6 aromatic rings. The van der Waals surface area contributed by atoms with E-state index in [1.165, 1.54) is 0 Å². The number of para-hydroxylation sites is 1. The number of thiazole rings is 1. The summed E-state index contributed by atoms with van der Waals surface area (Å²) in [4.78, 5) is 27.7. The second kappa shape index (κ2) is 9.85. The molecule has 180 valence electrons. The normalized spacial score (nSPS) is 10.9. The highest BCUT2D eigenvalue weighted by Gasteiger charge is 2.19. The van der Waals surface area contributed by atoms with Crippen LogP contribution in [0.5, 0.6) is 0 Å². The predicted octanol–water partition coefficient (Wildman–Crippen LogP) is 7.17. The molecule has 37 heavy (non-hydrogen) atoms. The molecule has 3 heterocycles. The van der Waals surface area contributed by atoms with E-state index in [1.54, 1.807) is 41.8 Å². The average Bonchev–Trinajstić information content (AvgIpc) is 3.51. The number of amides is 1. The number of rotatable bonds is 6. The van der Waals surface area contributed by atoms with Crippen molar-refractivity contribution in [3.05, 3.63) is 113 Å². The van der Waals surface area contributed by atoms with Crippen molar-refractivity contribution in [3.63, 3.8) is 0 Å². The zero-order valence-electron chi connectivity index (χ0n) is 19.3. The largest absolute Gasteiger partial charge is 0.324 e. The van der Waals surface area contributed by atoms with E-state index in [1.807, 2.05) is 76.6 Å². The number of fused-ring (bicyclic) bond motifs is 1. The molecule has 1 amide bonds. The first kappa shape index (κ1) is 22.9. The molecule has 7 nitrogen and oxygen atoms in total. The summed E-state index contributed by atoms with van der Waals surface area (Å²) in [6.45, 7) is 0. The van der Waals surface area contributed by atoms with Gasteiger partial charge in [0.05, 0.1) is 22.0 Å². The van der Waals surface area contributed by atoms with Crippen LogP contribution in [0.1, 0.15) is 10.4 Å². The number of nitrogens with zero attached hydrogens (tertiary/aromatic N) is 4. The van der Waals surface area contributed by atoms with Crippen molar-refractivity contribution in [2.24, 2.45) is 0 Å². The van der Waals surface area contributed by atoms with Gasteiger partial charge in [0, 0.05) is 34.7 Å². The number of halogens is 1. The summed E-state index contributed by atoms with van der Waals surface area (Å²) in [5.41, 5.74) is 5.11. The number of carbonyl (C=O) groups excluding carboxylic acids is 1. The van der Waals surface area contributed by atoms with Gasteiger partial charge in [-0.1, -0.05) is 54.1 Å². The van der Waals surface area contributed by atoms with E-state index < -0.39 is 0 Å². The molecule has 0 fully saturated rings. The molecule has 0 radical (unpaired) electrons. The molecular weight excluding hydrogens is 504 g/mol. The lowest BCUT2D eigenvalue weighted by Crippen LogP contribution is -2.12. The minimum atomic E-state index is -0.277. The lowest BCUT2D eigenvalue weighted by Gasteiger charge is -2.10. The van der Waals surface area contributed by atoms with Crippen LogP contribution in [0.2, 0.25) is 5.02 Å². The quantitative estimate of drug-likeness (QED) is 0.242. The van der Waals surface area contributed by atoms with E-state index in [0.717, 1.165) is 33.3 Å². The van der Waals surface area contributed by atoms with Gasteiger partial charge in [-0.25, -0.2) is 15.0 Å². The Morgan fingerprint density at radius 2 is 1.70 bits per heavy atom. The molecule has 3 aromatic heterocycles. The Kier molecular flexibility index (Phi) is 6.10. The molecule has 0 atom stereocenters. The summed E-state index contributed by atoms with van der Waals surface area (Å²) in [6.07, 6.45) is 3.70. The van der Waals surface area contributed by atoms with Crippen LogP contribution in [0, 0.1) is 0 Å². The zero-order valence-corrected chi connectivity index (χ0v) is 20.9. The van der Waals surface area contributed by atoms with Crippen LogP contribution in [-0.4, -0.2) is 25.3 Å². The Morgan fingerprint density at radius 3 is 2.57 bits per heavy atom. The minimum Gasteiger partial charge on any atom is -0.324 e. The van der Waals surface area contributed by atoms with Gasteiger partial charge in [0.1, 0.15) is 5.69 Å². The number of anilines is 3. The molecule has 0 unspecified atom stereocenters. The molecule has 0 aliphatic carbocycles. The van der Waals surface area contributed by atoms with Crippen LogP contribution in [0.25, 0.3) is 27.6 Å². The SMILES string of the molecule is O=C(Nc1cccc(-c2nc3sccn3c2-c2ccnc(Nc3ccccc3)n2)c1)c1ccccc1Cl. The van der Waals surface area contributed by atoms with Crippen molar-refractivity contribution in [1.29, 1.82) is 0 Å². The Hall–Kier alpha value is -4.53. The summed E-state index contributed by atoms with van der Waals surface area (Å²) >= 11 is 7.75. The third-order valence-corrected chi connectivity index (χ3v) is 6.79. The van der Waals surface area contributed by atoms with Gasteiger partial charge in [0.2, 0.25) is 5.95 Å². The van der Waals surface area contributed by atoms with E-state index in [2.05, 4.69) is 15.6 Å². The maximum Gasteiger partial charge on any atom is 0.257 e. The number of aromatic nitrogens is 4. The van der Waals surface area contributed by atoms with Crippen molar-refractivity contribution in [2.45, 2.75) is 0 Å². The highest BCUT2D eigenvalue weighted by atomic mass is 35.5. The first-order valence-corrected chi connectivity index (χ1v) is 12.7. The Labute approximate surface area is 221 Å². The number of benzene rings is 3. The molecule has 6 rings (SSSR count). The molecule has 0 aliphatic rings. The highest BCUT2D eigenvalue weighted by molar-refractivity contribution is 7.15. The fourth-order valence-electron chi connectivity index (χ4n) is 4.02. The lowest BCUT2D eigenvalue weighted by atomic mass is 10.1. The van der Waals surface area contributed by atoms with Crippen LogP contribution in [0.3, 0.4) is 0 Å². The Balaban J connectivity index is 1.37. The summed E-state index contributed by atoms with van der Waals surface area (Å²) in [5.74, 6) is 0.210. The molecule has 0 saturated heterocycles. The highest BCUT2D eigenvalue weighted by Crippen LogP contribution is 2.35. The van der Waals surface area contributed by atoms with Crippen molar-refractivity contribution >= 4 is 51.1 Å². The smallest absolute Gasteiger partial charge is 0.257 e. The average molecular weight is 523 g/mol. The maximum atomic E-state index is 12.8. The van der Waals surface area contributed by atoms with Gasteiger partial charge in [-0.05, 0) is 42.5 Å². The van der Waals surface area contributed by atoms with E-state index in [9.17, 15) is 4.79 Å².